The van der Waals surface area contributed by atoms with E-state index in [0.29, 0.717) is 44.9 Å². The first-order chi connectivity index (χ1) is 14.5. The molecule has 0 N–H and O–H groups in total. The van der Waals surface area contributed by atoms with Crippen molar-refractivity contribution in [1.29, 1.82) is 0 Å². The van der Waals surface area contributed by atoms with Crippen LogP contribution in [0.25, 0.3) is 0 Å². The van der Waals surface area contributed by atoms with Crippen molar-refractivity contribution in [2.45, 2.75) is 13.0 Å². The highest BCUT2D eigenvalue weighted by Gasteiger charge is 2.28. The van der Waals surface area contributed by atoms with Crippen LogP contribution in [0, 0.1) is 0 Å². The van der Waals surface area contributed by atoms with Gasteiger partial charge in [0.05, 0.1) is 22.3 Å². The van der Waals surface area contributed by atoms with E-state index < -0.39 is 0 Å². The molecule has 154 valence electrons. The van der Waals surface area contributed by atoms with Crippen LogP contribution >= 0.6 is 46.6 Å². The minimum absolute atomic E-state index is 0.0426. The number of halogens is 3. The summed E-state index contributed by atoms with van der Waals surface area (Å²) in [6.45, 7) is 1.04. The lowest BCUT2D eigenvalue weighted by atomic mass is 10.1. The Kier molecular flexibility index (Phi) is 6.68. The first-order valence-corrected chi connectivity index (χ1v) is 11.3. The molecular weight excluding hydrogens is 463 g/mol. The molecule has 2 aromatic carbocycles. The summed E-state index contributed by atoms with van der Waals surface area (Å²) in [6.07, 6.45) is 2.46. The van der Waals surface area contributed by atoms with Crippen molar-refractivity contribution < 1.29 is 4.79 Å². The smallest absolute Gasteiger partial charge is 0.239 e. The minimum atomic E-state index is 0.0426. The molecule has 9 heteroatoms. The van der Waals surface area contributed by atoms with Gasteiger partial charge in [0, 0.05) is 12.7 Å². The number of aliphatic imine (C=N–C) groups is 1. The second-order valence-corrected chi connectivity index (χ2v) is 8.87. The Morgan fingerprint density at radius 2 is 1.80 bits per heavy atom. The van der Waals surface area contributed by atoms with Crippen LogP contribution in [0.4, 0.5) is 5.82 Å². The lowest BCUT2D eigenvalue weighted by Gasteiger charge is -2.15. The molecule has 0 aliphatic carbocycles. The minimum Gasteiger partial charge on any atom is -0.290 e. The molecule has 0 spiro atoms. The highest BCUT2D eigenvalue weighted by atomic mass is 35.5. The Balaban J connectivity index is 1.50. The van der Waals surface area contributed by atoms with Crippen molar-refractivity contribution in [2.75, 3.05) is 12.3 Å². The standard InChI is InChI=1S/C21H17Cl3N4OS/c22-16-7-6-15(10-17(16)23)11-27-12-18(24)20(26-27)25-21-28(19(29)13-30-21)9-8-14-4-2-1-3-5-14/h1-7,10,12H,8-9,11,13H2. The second-order valence-electron chi connectivity index (χ2n) is 6.71. The fourth-order valence-electron chi connectivity index (χ4n) is 3.05. The predicted molar refractivity (Wildman–Crippen MR) is 124 cm³/mol. The third-order valence-corrected chi connectivity index (χ3v) is 6.52. The van der Waals surface area contributed by atoms with Gasteiger partial charge in [0.15, 0.2) is 11.0 Å². The third kappa shape index (κ3) is 5.01. The highest BCUT2D eigenvalue weighted by molar-refractivity contribution is 8.15. The number of hydrogen-bond acceptors (Lipinski definition) is 4. The first-order valence-electron chi connectivity index (χ1n) is 9.22. The summed E-state index contributed by atoms with van der Waals surface area (Å²) in [5.74, 6) is 0.801. The van der Waals surface area contributed by atoms with Gasteiger partial charge in [-0.05, 0) is 29.7 Å². The Morgan fingerprint density at radius 1 is 1.00 bits per heavy atom. The summed E-state index contributed by atoms with van der Waals surface area (Å²) < 4.78 is 1.69. The topological polar surface area (TPSA) is 50.5 Å². The van der Waals surface area contributed by atoms with Crippen LogP contribution in [0.2, 0.25) is 15.1 Å². The van der Waals surface area contributed by atoms with Crippen LogP contribution in [0.1, 0.15) is 11.1 Å². The number of hydrogen-bond donors (Lipinski definition) is 0. The van der Waals surface area contributed by atoms with E-state index >= 15 is 0 Å². The molecule has 1 aromatic heterocycles. The molecule has 1 fully saturated rings. The zero-order valence-electron chi connectivity index (χ0n) is 15.8. The van der Waals surface area contributed by atoms with E-state index in [0.717, 1.165) is 12.0 Å². The van der Waals surface area contributed by atoms with E-state index in [-0.39, 0.29) is 5.91 Å². The average molecular weight is 480 g/mol. The molecule has 0 unspecified atom stereocenters. The van der Waals surface area contributed by atoms with Crippen LogP contribution < -0.4 is 0 Å². The van der Waals surface area contributed by atoms with Crippen molar-refractivity contribution in [2.24, 2.45) is 4.99 Å². The zero-order chi connectivity index (χ0) is 21.1. The Bertz CT molecular complexity index is 1100. The van der Waals surface area contributed by atoms with Gasteiger partial charge in [-0.2, -0.15) is 5.10 Å². The van der Waals surface area contributed by atoms with E-state index in [9.17, 15) is 4.79 Å². The number of aromatic nitrogens is 2. The molecule has 0 bridgehead atoms. The highest BCUT2D eigenvalue weighted by Crippen LogP contribution is 2.29. The summed E-state index contributed by atoms with van der Waals surface area (Å²) >= 11 is 19.8. The predicted octanol–water partition coefficient (Wildman–Crippen LogP) is 5.70. The Morgan fingerprint density at radius 3 is 2.57 bits per heavy atom. The largest absolute Gasteiger partial charge is 0.290 e. The average Bonchev–Trinajstić information content (AvgIpc) is 3.26. The van der Waals surface area contributed by atoms with Gasteiger partial charge in [-0.1, -0.05) is 83.0 Å². The molecular formula is C21H17Cl3N4OS. The molecule has 0 saturated carbocycles. The molecule has 1 saturated heterocycles. The van der Waals surface area contributed by atoms with Crippen LogP contribution in [0.3, 0.4) is 0 Å². The summed E-state index contributed by atoms with van der Waals surface area (Å²) in [5, 5.41) is 6.51. The lowest BCUT2D eigenvalue weighted by molar-refractivity contribution is -0.124. The zero-order valence-corrected chi connectivity index (χ0v) is 18.8. The van der Waals surface area contributed by atoms with E-state index in [1.165, 1.54) is 17.3 Å². The van der Waals surface area contributed by atoms with Crippen LogP contribution in [0.15, 0.2) is 59.7 Å². The maximum Gasteiger partial charge on any atom is 0.239 e. The number of carbonyl (C=O) groups excluding carboxylic acids is 1. The van der Waals surface area contributed by atoms with Crippen molar-refractivity contribution in [3.63, 3.8) is 0 Å². The molecule has 0 radical (unpaired) electrons. The van der Waals surface area contributed by atoms with Crippen molar-refractivity contribution in [1.82, 2.24) is 14.7 Å². The van der Waals surface area contributed by atoms with Gasteiger partial charge in [-0.25, -0.2) is 4.99 Å². The Hall–Kier alpha value is -1.99. The molecule has 1 aliphatic heterocycles. The number of amidine groups is 1. The quantitative estimate of drug-likeness (QED) is 0.456. The molecule has 0 atom stereocenters. The lowest BCUT2D eigenvalue weighted by Crippen LogP contribution is -2.31. The number of rotatable bonds is 6. The summed E-state index contributed by atoms with van der Waals surface area (Å²) in [7, 11) is 0. The van der Waals surface area contributed by atoms with E-state index in [1.54, 1.807) is 27.9 Å². The molecule has 1 amide bonds. The van der Waals surface area contributed by atoms with E-state index in [2.05, 4.69) is 10.1 Å². The normalized spacial score (nSPS) is 15.4. The van der Waals surface area contributed by atoms with Gasteiger partial charge >= 0.3 is 0 Å². The SMILES string of the molecule is O=C1CSC(=Nc2nn(Cc3ccc(Cl)c(Cl)c3)cc2Cl)N1CCc1ccccc1. The molecule has 30 heavy (non-hydrogen) atoms. The molecule has 5 nitrogen and oxygen atoms in total. The monoisotopic (exact) mass is 478 g/mol. The molecule has 4 rings (SSSR count). The van der Waals surface area contributed by atoms with Gasteiger partial charge in [-0.15, -0.1) is 0 Å². The summed E-state index contributed by atoms with van der Waals surface area (Å²) in [6, 6.07) is 15.5. The maximum atomic E-state index is 12.3. The van der Waals surface area contributed by atoms with Crippen molar-refractivity contribution in [3.05, 3.63) is 80.9 Å². The van der Waals surface area contributed by atoms with E-state index in [4.69, 9.17) is 34.8 Å². The number of amides is 1. The van der Waals surface area contributed by atoms with Gasteiger partial charge in [0.1, 0.15) is 5.02 Å². The molecule has 1 aliphatic rings. The number of carbonyl (C=O) groups is 1. The van der Waals surface area contributed by atoms with Gasteiger partial charge in [0.2, 0.25) is 5.91 Å². The number of thioether (sulfide) groups is 1. The van der Waals surface area contributed by atoms with Gasteiger partial charge < -0.3 is 0 Å². The number of nitrogens with zero attached hydrogens (tertiary/aromatic N) is 4. The molecule has 3 aromatic rings. The van der Waals surface area contributed by atoms with Crippen LogP contribution in [-0.4, -0.2) is 38.1 Å². The third-order valence-electron chi connectivity index (χ3n) is 4.55. The van der Waals surface area contributed by atoms with Crippen LogP contribution in [-0.2, 0) is 17.8 Å². The van der Waals surface area contributed by atoms with Gasteiger partial charge in [-0.3, -0.25) is 14.4 Å². The first kappa shape index (κ1) is 21.2. The van der Waals surface area contributed by atoms with Gasteiger partial charge in [0.25, 0.3) is 0 Å². The fourth-order valence-corrected chi connectivity index (χ4v) is 4.47. The van der Waals surface area contributed by atoms with Crippen molar-refractivity contribution >= 4 is 63.5 Å². The second kappa shape index (κ2) is 9.43. The Labute approximate surface area is 193 Å². The maximum absolute atomic E-state index is 12.3. The summed E-state index contributed by atoms with van der Waals surface area (Å²) in [4.78, 5) is 18.6. The fraction of sp³-hybridized carbons (Fsp3) is 0.190. The summed E-state index contributed by atoms with van der Waals surface area (Å²) in [5.41, 5.74) is 2.11. The van der Waals surface area contributed by atoms with Crippen LogP contribution in [0.5, 0.6) is 0 Å². The number of benzene rings is 2. The van der Waals surface area contributed by atoms with E-state index in [1.807, 2.05) is 36.4 Å². The van der Waals surface area contributed by atoms with Crippen molar-refractivity contribution in [3.8, 4) is 0 Å². The molecule has 2 heterocycles.